The number of pyridine rings is 2. The average Bonchev–Trinajstić information content (AvgIpc) is 3.38. The Balaban J connectivity index is 0.000000212. The van der Waals surface area contributed by atoms with Crippen LogP contribution in [0, 0.1) is 44.0 Å². The van der Waals surface area contributed by atoms with Crippen molar-refractivity contribution >= 4 is 31.5 Å². The summed E-state index contributed by atoms with van der Waals surface area (Å²) >= 11 is 1.87. The number of thiophene rings is 1. The van der Waals surface area contributed by atoms with Gasteiger partial charge in [0.2, 0.25) is 0 Å². The minimum atomic E-state index is -2.58. The van der Waals surface area contributed by atoms with Gasteiger partial charge in [0.1, 0.15) is 0 Å². The van der Waals surface area contributed by atoms with E-state index in [-0.39, 0.29) is 36.9 Å². The largest absolute Gasteiger partial charge is 0.304 e. The van der Waals surface area contributed by atoms with Crippen LogP contribution >= 0.6 is 11.3 Å². The molecule has 0 aliphatic carbocycles. The molecule has 41 heavy (non-hydrogen) atoms. The van der Waals surface area contributed by atoms with Gasteiger partial charge in [0.05, 0.1) is 0 Å². The number of aryl methyl sites for hydroxylation is 3. The molecular weight excluding hydrogens is 704 g/mol. The maximum absolute atomic E-state index is 12.9. The van der Waals surface area contributed by atoms with Crippen LogP contribution in [0.3, 0.4) is 0 Å². The third-order valence-electron chi connectivity index (χ3n) is 6.56. The zero-order valence-corrected chi connectivity index (χ0v) is 26.4. The van der Waals surface area contributed by atoms with Crippen molar-refractivity contribution in [1.29, 1.82) is 0 Å². The van der Waals surface area contributed by atoms with Gasteiger partial charge in [-0.25, -0.2) is 0 Å². The minimum absolute atomic E-state index is 0. The van der Waals surface area contributed by atoms with E-state index in [1.807, 2.05) is 35.7 Å². The van der Waals surface area contributed by atoms with E-state index in [4.69, 9.17) is 8.22 Å². The second kappa shape index (κ2) is 12.7. The zero-order valence-electron chi connectivity index (χ0n) is 29.2. The Morgan fingerprint density at radius 2 is 1.71 bits per heavy atom. The molecule has 0 spiro atoms. The Kier molecular flexibility index (Phi) is 7.25. The fourth-order valence-electron chi connectivity index (χ4n) is 4.60. The van der Waals surface area contributed by atoms with E-state index in [1.54, 1.807) is 0 Å². The molecule has 0 atom stereocenters. The molecule has 0 fully saturated rings. The van der Waals surface area contributed by atoms with Crippen molar-refractivity contribution in [3.05, 3.63) is 119 Å². The van der Waals surface area contributed by atoms with Crippen LogP contribution in [0.4, 0.5) is 4.39 Å². The summed E-state index contributed by atoms with van der Waals surface area (Å²) in [4.78, 5) is 8.62. The van der Waals surface area contributed by atoms with Gasteiger partial charge >= 0.3 is 0 Å². The summed E-state index contributed by atoms with van der Waals surface area (Å²) in [5.74, 6) is -0.478. The van der Waals surface area contributed by atoms with Crippen LogP contribution in [0.25, 0.3) is 42.7 Å². The molecule has 5 heteroatoms. The van der Waals surface area contributed by atoms with Crippen molar-refractivity contribution in [2.45, 2.75) is 47.8 Å². The van der Waals surface area contributed by atoms with Gasteiger partial charge < -0.3 is 9.97 Å². The smallest absolute Gasteiger partial charge is 0.0379 e. The molecule has 0 saturated heterocycles. The summed E-state index contributed by atoms with van der Waals surface area (Å²) in [5.41, 5.74) is 5.28. The summed E-state index contributed by atoms with van der Waals surface area (Å²) in [6.45, 7) is 4.02. The molecule has 3 aromatic heterocycles. The number of rotatable bonds is 3. The summed E-state index contributed by atoms with van der Waals surface area (Å²) in [6.07, 6.45) is 4.05. The second-order valence-electron chi connectivity index (χ2n) is 10.9. The summed E-state index contributed by atoms with van der Waals surface area (Å²) in [7, 11) is 0. The van der Waals surface area contributed by atoms with Gasteiger partial charge in [0.25, 0.3) is 0 Å². The van der Waals surface area contributed by atoms with Crippen LogP contribution in [0.5, 0.6) is 0 Å². The van der Waals surface area contributed by atoms with Gasteiger partial charge in [-0.1, -0.05) is 44.5 Å². The zero-order chi connectivity index (χ0) is 33.4. The summed E-state index contributed by atoms with van der Waals surface area (Å²) in [6, 6.07) is 25.7. The molecule has 3 aromatic carbocycles. The first-order valence-corrected chi connectivity index (χ1v) is 13.8. The third-order valence-corrected chi connectivity index (χ3v) is 7.90. The topological polar surface area (TPSA) is 25.8 Å². The first-order chi connectivity index (χ1) is 21.5. The van der Waals surface area contributed by atoms with Crippen LogP contribution in [0.1, 0.15) is 51.2 Å². The fourth-order valence-corrected chi connectivity index (χ4v) is 5.93. The minimum Gasteiger partial charge on any atom is -0.304 e. The first kappa shape index (κ1) is 23.3. The van der Waals surface area contributed by atoms with Gasteiger partial charge in [0.15, 0.2) is 0 Å². The predicted molar refractivity (Wildman–Crippen MR) is 167 cm³/mol. The normalized spacial score (nSPS) is 14.0. The van der Waals surface area contributed by atoms with Crippen LogP contribution in [-0.2, 0) is 26.5 Å². The van der Waals surface area contributed by atoms with Gasteiger partial charge in [0, 0.05) is 61.6 Å². The number of benzene rings is 3. The predicted octanol–water partition coefficient (Wildman–Crippen LogP) is 10.1. The molecule has 0 amide bonds. The number of nitrogens with zero attached hydrogens (tertiary/aromatic N) is 2. The summed E-state index contributed by atoms with van der Waals surface area (Å²) < 4.78 is 60.1. The van der Waals surface area contributed by atoms with E-state index in [9.17, 15) is 4.39 Å². The molecule has 0 N–H and O–H groups in total. The number of halogens is 1. The maximum Gasteiger partial charge on any atom is 0.0379 e. The maximum atomic E-state index is 12.9. The average molecular weight is 743 g/mol. The summed E-state index contributed by atoms with van der Waals surface area (Å²) in [5, 5.41) is 2.64. The van der Waals surface area contributed by atoms with E-state index in [0.29, 0.717) is 11.0 Å². The SMILES string of the molecule is Cc1c(CC(C)(C)C)ccc2c1sc1c(-c3[c-]cccc3)nccc12.[2H]C([2H])([2H])c1cnc(-c2[c-]cc(F)cc2)cc1C([2H])([2H])[2H].[Ir]. The van der Waals surface area contributed by atoms with Crippen molar-refractivity contribution in [2.24, 2.45) is 5.41 Å². The van der Waals surface area contributed by atoms with Crippen molar-refractivity contribution in [2.75, 3.05) is 0 Å². The van der Waals surface area contributed by atoms with E-state index < -0.39 is 19.5 Å². The third kappa shape index (κ3) is 6.98. The molecule has 211 valence electrons. The van der Waals surface area contributed by atoms with Gasteiger partial charge in [-0.2, -0.15) is 0 Å². The van der Waals surface area contributed by atoms with Gasteiger partial charge in [-0.3, -0.25) is 4.39 Å². The van der Waals surface area contributed by atoms with Crippen molar-refractivity contribution in [3.63, 3.8) is 0 Å². The molecule has 6 rings (SSSR count). The Morgan fingerprint density at radius 1 is 0.902 bits per heavy atom. The molecule has 0 unspecified atom stereocenters. The molecule has 0 saturated carbocycles. The number of hydrogen-bond acceptors (Lipinski definition) is 3. The molecular formula is C36H33FIrN2S-2. The van der Waals surface area contributed by atoms with Crippen LogP contribution in [-0.4, -0.2) is 9.97 Å². The van der Waals surface area contributed by atoms with Gasteiger partial charge in [-0.15, -0.1) is 77.1 Å². The first-order valence-electron chi connectivity index (χ1n) is 16.0. The van der Waals surface area contributed by atoms with Crippen molar-refractivity contribution in [1.82, 2.24) is 9.97 Å². The Labute approximate surface area is 268 Å². The molecule has 0 aliphatic heterocycles. The van der Waals surface area contributed by atoms with E-state index in [0.717, 1.165) is 29.9 Å². The van der Waals surface area contributed by atoms with E-state index in [1.165, 1.54) is 49.5 Å². The van der Waals surface area contributed by atoms with Crippen LogP contribution < -0.4 is 0 Å². The second-order valence-corrected chi connectivity index (χ2v) is 11.9. The van der Waals surface area contributed by atoms with Crippen molar-refractivity contribution < 1.29 is 32.7 Å². The molecule has 0 aliphatic rings. The Morgan fingerprint density at radius 3 is 2.39 bits per heavy atom. The molecule has 0 bridgehead atoms. The van der Waals surface area contributed by atoms with Crippen LogP contribution in [0.15, 0.2) is 79.1 Å². The van der Waals surface area contributed by atoms with Crippen LogP contribution in [0.2, 0.25) is 0 Å². The molecule has 6 aromatic rings. The van der Waals surface area contributed by atoms with E-state index in [2.05, 4.69) is 74.1 Å². The van der Waals surface area contributed by atoms with E-state index >= 15 is 0 Å². The molecule has 2 nitrogen and oxygen atoms in total. The van der Waals surface area contributed by atoms with Crippen molar-refractivity contribution in [3.8, 4) is 22.5 Å². The number of fused-ring (bicyclic) bond motifs is 3. The monoisotopic (exact) mass is 743 g/mol. The van der Waals surface area contributed by atoms with Gasteiger partial charge in [-0.05, 0) is 71.7 Å². The number of aromatic nitrogens is 2. The molecule has 3 heterocycles. The Hall–Kier alpha value is -3.24. The number of hydrogen-bond donors (Lipinski definition) is 0. The Bertz CT molecular complexity index is 2000. The fraction of sp³-hybridized carbons (Fsp3) is 0.222. The quantitative estimate of drug-likeness (QED) is 0.169. The standard InChI is InChI=1S/C23H22NS.C13H11FN.Ir/c1-15-17(14-23(2,3)4)10-11-18-19-12-13-24-20(22(19)25-21(15)18)16-8-6-5-7-9-16;1-9-7-13(15-8-10(9)2)11-3-5-12(14)6-4-11;/h5-8,10-13H,14H2,1-4H3;3,5-8H,1-2H3;/q2*-1;/i;1D3,2D3;. The molecule has 1 radical (unpaired) electrons.